The number of benzene rings is 1. The van der Waals surface area contributed by atoms with Gasteiger partial charge in [-0.15, -0.1) is 11.3 Å². The van der Waals surface area contributed by atoms with E-state index in [-0.39, 0.29) is 11.9 Å². The molecule has 0 unspecified atom stereocenters. The van der Waals surface area contributed by atoms with Crippen LogP contribution >= 0.6 is 22.9 Å². The van der Waals surface area contributed by atoms with Crippen LogP contribution in [0.2, 0.25) is 5.02 Å². The first-order valence-corrected chi connectivity index (χ1v) is 10.4. The highest BCUT2D eigenvalue weighted by Gasteiger charge is 2.32. The van der Waals surface area contributed by atoms with Crippen LogP contribution in [0.1, 0.15) is 23.3 Å². The zero-order chi connectivity index (χ0) is 19.7. The van der Waals surface area contributed by atoms with Gasteiger partial charge in [-0.05, 0) is 25.0 Å². The number of halogens is 1. The third-order valence-corrected chi connectivity index (χ3v) is 5.88. The number of thiazole rings is 1. The van der Waals surface area contributed by atoms with Gasteiger partial charge >= 0.3 is 11.8 Å². The molecule has 0 bridgehead atoms. The number of amides is 3. The fourth-order valence-electron chi connectivity index (χ4n) is 3.02. The maximum Gasteiger partial charge on any atom is 0.312 e. The van der Waals surface area contributed by atoms with Gasteiger partial charge in [0, 0.05) is 48.2 Å². The van der Waals surface area contributed by atoms with Crippen LogP contribution in [-0.2, 0) is 9.59 Å². The van der Waals surface area contributed by atoms with E-state index in [4.69, 9.17) is 11.6 Å². The quantitative estimate of drug-likeness (QED) is 0.773. The van der Waals surface area contributed by atoms with Gasteiger partial charge in [0.05, 0.1) is 0 Å². The van der Waals surface area contributed by atoms with Crippen molar-refractivity contribution in [3.8, 4) is 10.6 Å². The standard InChI is InChI=1S/C19H19ClN4O3S/c20-13-3-1-2-12(10-13)17-22-15(11-28-17)18(26)23-6-8-24(9-7-23)19(27)16(25)21-14-4-5-14/h1-3,10-11,14H,4-9H2,(H,21,25). The molecule has 1 aliphatic carbocycles. The molecule has 1 saturated carbocycles. The van der Waals surface area contributed by atoms with Crippen LogP contribution in [0.5, 0.6) is 0 Å². The van der Waals surface area contributed by atoms with E-state index in [9.17, 15) is 14.4 Å². The number of carbonyl (C=O) groups is 3. The Kier molecular flexibility index (Phi) is 5.32. The van der Waals surface area contributed by atoms with E-state index in [1.807, 2.05) is 18.2 Å². The Morgan fingerprint density at radius 1 is 1.11 bits per heavy atom. The molecular formula is C19H19ClN4O3S. The monoisotopic (exact) mass is 418 g/mol. The molecule has 2 heterocycles. The molecule has 1 saturated heterocycles. The molecule has 28 heavy (non-hydrogen) atoms. The first-order valence-electron chi connectivity index (χ1n) is 9.12. The Morgan fingerprint density at radius 3 is 2.50 bits per heavy atom. The third-order valence-electron chi connectivity index (χ3n) is 4.76. The highest BCUT2D eigenvalue weighted by Crippen LogP contribution is 2.26. The van der Waals surface area contributed by atoms with E-state index in [1.165, 1.54) is 16.2 Å². The lowest BCUT2D eigenvalue weighted by Crippen LogP contribution is -2.54. The molecule has 7 nitrogen and oxygen atoms in total. The summed E-state index contributed by atoms with van der Waals surface area (Å²) in [6.07, 6.45) is 1.87. The molecule has 9 heteroatoms. The third kappa shape index (κ3) is 4.18. The minimum Gasteiger partial charge on any atom is -0.345 e. The number of nitrogens with one attached hydrogen (secondary N) is 1. The predicted molar refractivity (Wildman–Crippen MR) is 106 cm³/mol. The maximum atomic E-state index is 12.7. The fourth-order valence-corrected chi connectivity index (χ4v) is 4.00. The Morgan fingerprint density at radius 2 is 1.82 bits per heavy atom. The average Bonchev–Trinajstić information content (AvgIpc) is 3.38. The Bertz CT molecular complexity index is 919. The summed E-state index contributed by atoms with van der Waals surface area (Å²) >= 11 is 7.41. The molecule has 1 aromatic heterocycles. The van der Waals surface area contributed by atoms with Crippen LogP contribution in [-0.4, -0.2) is 64.7 Å². The molecule has 1 aromatic carbocycles. The van der Waals surface area contributed by atoms with Crippen LogP contribution < -0.4 is 5.32 Å². The van der Waals surface area contributed by atoms with Crippen molar-refractivity contribution >= 4 is 40.7 Å². The van der Waals surface area contributed by atoms with Crippen molar-refractivity contribution in [1.29, 1.82) is 0 Å². The summed E-state index contributed by atoms with van der Waals surface area (Å²) in [4.78, 5) is 44.4. The van der Waals surface area contributed by atoms with Gasteiger partial charge in [0.2, 0.25) is 0 Å². The summed E-state index contributed by atoms with van der Waals surface area (Å²) in [5.74, 6) is -1.23. The molecule has 146 valence electrons. The topological polar surface area (TPSA) is 82.6 Å². The summed E-state index contributed by atoms with van der Waals surface area (Å²) in [5, 5.41) is 5.79. The van der Waals surface area contributed by atoms with Crippen molar-refractivity contribution in [2.45, 2.75) is 18.9 Å². The van der Waals surface area contributed by atoms with Crippen molar-refractivity contribution in [2.24, 2.45) is 0 Å². The smallest absolute Gasteiger partial charge is 0.312 e. The second kappa shape index (κ2) is 7.89. The number of hydrogen-bond acceptors (Lipinski definition) is 5. The zero-order valence-electron chi connectivity index (χ0n) is 15.1. The molecular weight excluding hydrogens is 400 g/mol. The van der Waals surface area contributed by atoms with E-state index in [0.29, 0.717) is 36.9 Å². The van der Waals surface area contributed by atoms with Gasteiger partial charge in [-0.1, -0.05) is 23.7 Å². The van der Waals surface area contributed by atoms with Crippen LogP contribution in [0.3, 0.4) is 0 Å². The van der Waals surface area contributed by atoms with E-state index in [1.54, 1.807) is 16.3 Å². The zero-order valence-corrected chi connectivity index (χ0v) is 16.6. The lowest BCUT2D eigenvalue weighted by Gasteiger charge is -2.34. The minimum atomic E-state index is -0.548. The largest absolute Gasteiger partial charge is 0.345 e. The van der Waals surface area contributed by atoms with Crippen molar-refractivity contribution in [3.05, 3.63) is 40.4 Å². The Balaban J connectivity index is 1.35. The number of nitrogens with zero attached hydrogens (tertiary/aromatic N) is 3. The summed E-state index contributed by atoms with van der Waals surface area (Å²) in [5.41, 5.74) is 1.25. The SMILES string of the molecule is O=C(NC1CC1)C(=O)N1CCN(C(=O)c2csc(-c3cccc(Cl)c3)n2)CC1. The van der Waals surface area contributed by atoms with Crippen molar-refractivity contribution < 1.29 is 14.4 Å². The summed E-state index contributed by atoms with van der Waals surface area (Å²) in [6.45, 7) is 1.44. The number of aromatic nitrogens is 1. The molecule has 2 aromatic rings. The fraction of sp³-hybridized carbons (Fsp3) is 0.368. The predicted octanol–water partition coefficient (Wildman–Crippen LogP) is 2.03. The van der Waals surface area contributed by atoms with E-state index < -0.39 is 11.8 Å². The minimum absolute atomic E-state index is 0.151. The van der Waals surface area contributed by atoms with Crippen LogP contribution in [0.15, 0.2) is 29.6 Å². The van der Waals surface area contributed by atoms with Crippen LogP contribution in [0.25, 0.3) is 10.6 Å². The van der Waals surface area contributed by atoms with Gasteiger partial charge in [-0.2, -0.15) is 0 Å². The van der Waals surface area contributed by atoms with Crippen molar-refractivity contribution in [2.75, 3.05) is 26.2 Å². The molecule has 0 radical (unpaired) electrons. The van der Waals surface area contributed by atoms with Crippen LogP contribution in [0.4, 0.5) is 0 Å². The first-order chi connectivity index (χ1) is 13.5. The summed E-state index contributed by atoms with van der Waals surface area (Å²) in [7, 11) is 0. The molecule has 0 spiro atoms. The molecule has 1 aliphatic heterocycles. The van der Waals surface area contributed by atoms with Gasteiger partial charge in [0.1, 0.15) is 10.7 Å². The van der Waals surface area contributed by atoms with E-state index >= 15 is 0 Å². The van der Waals surface area contributed by atoms with E-state index in [0.717, 1.165) is 23.4 Å². The van der Waals surface area contributed by atoms with Crippen molar-refractivity contribution in [1.82, 2.24) is 20.1 Å². The Hall–Kier alpha value is -2.45. The van der Waals surface area contributed by atoms with Crippen molar-refractivity contribution in [3.63, 3.8) is 0 Å². The maximum absolute atomic E-state index is 12.7. The lowest BCUT2D eigenvalue weighted by atomic mass is 10.2. The van der Waals surface area contributed by atoms with Gasteiger partial charge < -0.3 is 15.1 Å². The molecule has 1 N–H and O–H groups in total. The highest BCUT2D eigenvalue weighted by molar-refractivity contribution is 7.13. The molecule has 0 atom stereocenters. The molecule has 3 amide bonds. The Labute approximate surface area is 171 Å². The second-order valence-corrected chi connectivity index (χ2v) is 8.17. The number of rotatable bonds is 3. The molecule has 2 fully saturated rings. The molecule has 4 rings (SSSR count). The highest BCUT2D eigenvalue weighted by atomic mass is 35.5. The normalized spacial score (nSPS) is 16.8. The van der Waals surface area contributed by atoms with Gasteiger partial charge in [-0.3, -0.25) is 14.4 Å². The summed E-state index contributed by atoms with van der Waals surface area (Å²) < 4.78 is 0. The summed E-state index contributed by atoms with van der Waals surface area (Å²) in [6, 6.07) is 7.49. The average molecular weight is 419 g/mol. The van der Waals surface area contributed by atoms with Gasteiger partial charge in [0.25, 0.3) is 5.91 Å². The second-order valence-electron chi connectivity index (χ2n) is 6.88. The first kappa shape index (κ1) is 18.9. The number of hydrogen-bond donors (Lipinski definition) is 1. The molecule has 2 aliphatic rings. The van der Waals surface area contributed by atoms with Gasteiger partial charge in [0.15, 0.2) is 0 Å². The number of carbonyl (C=O) groups excluding carboxylic acids is 3. The lowest BCUT2D eigenvalue weighted by molar-refractivity contribution is -0.146. The number of piperazine rings is 1. The van der Waals surface area contributed by atoms with Crippen LogP contribution in [0, 0.1) is 0 Å². The van der Waals surface area contributed by atoms with Gasteiger partial charge in [-0.25, -0.2) is 4.98 Å². The van der Waals surface area contributed by atoms with E-state index in [2.05, 4.69) is 10.3 Å².